The van der Waals surface area contributed by atoms with E-state index in [0.717, 1.165) is 35.4 Å². The van der Waals surface area contributed by atoms with Gasteiger partial charge < -0.3 is 36.4 Å². The van der Waals surface area contributed by atoms with E-state index in [1.54, 1.807) is 25.1 Å². The van der Waals surface area contributed by atoms with E-state index in [1.807, 2.05) is 49.3 Å². The van der Waals surface area contributed by atoms with E-state index >= 15 is 0 Å². The van der Waals surface area contributed by atoms with Gasteiger partial charge in [-0.1, -0.05) is 56.3 Å². The first-order chi connectivity index (χ1) is 27.7. The molecule has 0 aliphatic carbocycles. The van der Waals surface area contributed by atoms with E-state index in [-0.39, 0.29) is 45.2 Å². The monoisotopic (exact) mass is 800 g/mol. The molecule has 0 fully saturated rings. The van der Waals surface area contributed by atoms with Crippen LogP contribution in [-0.2, 0) is 30.4 Å². The van der Waals surface area contributed by atoms with Gasteiger partial charge in [-0.15, -0.1) is 0 Å². The topological polar surface area (TPSA) is 215 Å². The summed E-state index contributed by atoms with van der Waals surface area (Å²) in [7, 11) is 3.74. The van der Waals surface area contributed by atoms with E-state index in [0.29, 0.717) is 35.4 Å². The molecule has 4 atom stereocenters. The highest BCUT2D eigenvalue weighted by atomic mass is 16.4. The molecule has 312 valence electrons. The number of rotatable bonds is 24. The van der Waals surface area contributed by atoms with Gasteiger partial charge in [-0.25, -0.2) is 4.79 Å². The Bertz CT molecular complexity index is 1930. The van der Waals surface area contributed by atoms with Crippen molar-refractivity contribution in [2.45, 2.75) is 77.3 Å². The predicted molar refractivity (Wildman–Crippen MR) is 219 cm³/mol. The van der Waals surface area contributed by atoms with Crippen LogP contribution in [0, 0.1) is 11.8 Å². The van der Waals surface area contributed by atoms with Crippen LogP contribution >= 0.6 is 0 Å². The molecule has 3 aromatic carbocycles. The molecule has 3 aromatic rings. The Hall–Kier alpha value is -5.83. The van der Waals surface area contributed by atoms with Crippen LogP contribution in [0.3, 0.4) is 0 Å². The van der Waals surface area contributed by atoms with Crippen molar-refractivity contribution in [1.82, 2.24) is 26.2 Å². The standard InChI is InChI=1S/C43H56N6O9/c1-27(16-17-29-10-6-5-7-11-29)26-44-23-20-28(2)39(53)47-33(40(54)45-24-21-34(43(57)58)46-36(50)14-9-15-37(51)52)22-25-49-41(55)31-13-8-12-30-35(48(3)4)19-18-32(38(30)31)42(49)56/h5-8,10-13,18-19,27-28,33-34,44H,9,14-17,20-26H2,1-4H3,(H,45,54)(H,46,50)(H,47,53)(H,51,52)(H,57,58)/t27-,28-,33+,34+/m0/s1. The number of aryl methyl sites for hydroxylation is 1. The number of aliphatic carboxylic acids is 2. The van der Waals surface area contributed by atoms with Crippen LogP contribution in [0.4, 0.5) is 5.69 Å². The Labute approximate surface area is 338 Å². The number of amides is 5. The third-order valence-electron chi connectivity index (χ3n) is 10.3. The van der Waals surface area contributed by atoms with Crippen LogP contribution in [0.15, 0.2) is 60.7 Å². The summed E-state index contributed by atoms with van der Waals surface area (Å²) in [4.78, 5) is 92.6. The van der Waals surface area contributed by atoms with Gasteiger partial charge in [0, 0.05) is 73.5 Å². The molecule has 0 radical (unpaired) electrons. The second-order valence-electron chi connectivity index (χ2n) is 15.2. The number of nitrogens with one attached hydrogen (secondary N) is 4. The Morgan fingerprint density at radius 2 is 1.45 bits per heavy atom. The number of carboxylic acid groups (broad SMARTS) is 2. The summed E-state index contributed by atoms with van der Waals surface area (Å²) >= 11 is 0. The lowest BCUT2D eigenvalue weighted by atomic mass is 9.92. The number of benzene rings is 3. The van der Waals surface area contributed by atoms with Crippen molar-refractivity contribution in [3.8, 4) is 0 Å². The lowest BCUT2D eigenvalue weighted by Crippen LogP contribution is -2.51. The van der Waals surface area contributed by atoms with Crippen LogP contribution in [0.1, 0.15) is 85.1 Å². The molecule has 4 rings (SSSR count). The molecule has 0 unspecified atom stereocenters. The Morgan fingerprint density at radius 3 is 2.12 bits per heavy atom. The SMILES string of the molecule is C[C@@H](CCc1ccccc1)CNCC[C@H](C)C(=O)N[C@H](CCN1C(=O)c2cccc3c(N(C)C)ccc(c23)C1=O)C(=O)NCC[C@@H](NC(=O)CCCC(=O)O)C(=O)O. The van der Waals surface area contributed by atoms with Gasteiger partial charge in [0.1, 0.15) is 12.1 Å². The average Bonchev–Trinajstić information content (AvgIpc) is 3.19. The van der Waals surface area contributed by atoms with E-state index in [4.69, 9.17) is 5.11 Å². The first-order valence-corrected chi connectivity index (χ1v) is 19.8. The second kappa shape index (κ2) is 21.6. The minimum Gasteiger partial charge on any atom is -0.481 e. The molecule has 1 heterocycles. The fourth-order valence-electron chi connectivity index (χ4n) is 6.91. The highest BCUT2D eigenvalue weighted by Crippen LogP contribution is 2.35. The van der Waals surface area contributed by atoms with E-state index in [1.165, 1.54) is 5.56 Å². The normalized spacial score (nSPS) is 14.3. The van der Waals surface area contributed by atoms with Gasteiger partial charge in [0.2, 0.25) is 17.7 Å². The molecule has 15 nitrogen and oxygen atoms in total. The molecule has 0 saturated carbocycles. The lowest BCUT2D eigenvalue weighted by molar-refractivity contribution is -0.142. The van der Waals surface area contributed by atoms with Crippen molar-refractivity contribution in [3.63, 3.8) is 0 Å². The molecular weight excluding hydrogens is 745 g/mol. The van der Waals surface area contributed by atoms with E-state index in [9.17, 15) is 38.7 Å². The molecule has 1 aliphatic rings. The molecule has 1 aliphatic heterocycles. The van der Waals surface area contributed by atoms with Gasteiger partial charge in [-0.05, 0) is 81.3 Å². The highest BCUT2D eigenvalue weighted by molar-refractivity contribution is 6.26. The van der Waals surface area contributed by atoms with Crippen molar-refractivity contribution < 1.29 is 43.8 Å². The second-order valence-corrected chi connectivity index (χ2v) is 15.2. The summed E-state index contributed by atoms with van der Waals surface area (Å²) in [5.74, 6) is -5.24. The third kappa shape index (κ3) is 12.6. The van der Waals surface area contributed by atoms with E-state index < -0.39 is 59.5 Å². The summed E-state index contributed by atoms with van der Waals surface area (Å²) in [6.07, 6.45) is 1.76. The van der Waals surface area contributed by atoms with Crippen molar-refractivity contribution in [1.29, 1.82) is 0 Å². The molecule has 15 heteroatoms. The van der Waals surface area contributed by atoms with Gasteiger partial charge in [-0.3, -0.25) is 33.7 Å². The van der Waals surface area contributed by atoms with Crippen LogP contribution in [0.2, 0.25) is 0 Å². The molecular formula is C43H56N6O9. The largest absolute Gasteiger partial charge is 0.481 e. The molecule has 58 heavy (non-hydrogen) atoms. The zero-order valence-corrected chi connectivity index (χ0v) is 33.7. The summed E-state index contributed by atoms with van der Waals surface area (Å²) in [6.45, 7) is 4.88. The summed E-state index contributed by atoms with van der Waals surface area (Å²) in [6, 6.07) is 16.5. The van der Waals surface area contributed by atoms with Crippen molar-refractivity contribution in [2.75, 3.05) is 45.2 Å². The summed E-state index contributed by atoms with van der Waals surface area (Å²) in [5.41, 5.74) is 2.83. The van der Waals surface area contributed by atoms with Gasteiger partial charge in [0.15, 0.2) is 0 Å². The number of imide groups is 1. The number of nitrogens with zero attached hydrogens (tertiary/aromatic N) is 2. The Morgan fingerprint density at radius 1 is 0.741 bits per heavy atom. The average molecular weight is 801 g/mol. The third-order valence-corrected chi connectivity index (χ3v) is 10.3. The predicted octanol–water partition coefficient (Wildman–Crippen LogP) is 3.59. The maximum atomic E-state index is 13.8. The molecule has 5 amide bonds. The molecule has 0 bridgehead atoms. The minimum atomic E-state index is -1.36. The van der Waals surface area contributed by atoms with Crippen LogP contribution in [-0.4, -0.2) is 109 Å². The van der Waals surface area contributed by atoms with Crippen molar-refractivity contribution in [2.24, 2.45) is 11.8 Å². The number of carbonyl (C=O) groups excluding carboxylic acids is 5. The first kappa shape index (κ1) is 44.9. The van der Waals surface area contributed by atoms with Gasteiger partial charge in [0.25, 0.3) is 11.8 Å². The maximum Gasteiger partial charge on any atom is 0.326 e. The number of carbonyl (C=O) groups is 7. The lowest BCUT2D eigenvalue weighted by Gasteiger charge is -2.30. The van der Waals surface area contributed by atoms with E-state index in [2.05, 4.69) is 40.3 Å². The van der Waals surface area contributed by atoms with Gasteiger partial charge in [-0.2, -0.15) is 0 Å². The number of anilines is 1. The Kier molecular flexibility index (Phi) is 16.7. The number of hydrogen-bond donors (Lipinski definition) is 6. The van der Waals surface area contributed by atoms with Crippen LogP contribution < -0.4 is 26.2 Å². The quantitative estimate of drug-likeness (QED) is 0.0569. The fourth-order valence-corrected chi connectivity index (χ4v) is 6.91. The van der Waals surface area contributed by atoms with Crippen LogP contribution in [0.5, 0.6) is 0 Å². The molecule has 0 aromatic heterocycles. The molecule has 0 saturated heterocycles. The highest BCUT2D eigenvalue weighted by Gasteiger charge is 2.35. The molecule has 6 N–H and O–H groups in total. The van der Waals surface area contributed by atoms with Crippen molar-refractivity contribution >= 4 is 57.9 Å². The fraction of sp³-hybridized carbons (Fsp3) is 0.465. The maximum absolute atomic E-state index is 13.8. The van der Waals surface area contributed by atoms with Gasteiger partial charge >= 0.3 is 11.9 Å². The number of hydrogen-bond acceptors (Lipinski definition) is 9. The molecule has 0 spiro atoms. The zero-order chi connectivity index (χ0) is 42.4. The van der Waals surface area contributed by atoms with Crippen LogP contribution in [0.25, 0.3) is 10.8 Å². The summed E-state index contributed by atoms with van der Waals surface area (Å²) < 4.78 is 0. The van der Waals surface area contributed by atoms with Crippen molar-refractivity contribution in [3.05, 3.63) is 77.4 Å². The first-order valence-electron chi connectivity index (χ1n) is 19.8. The Balaban J connectivity index is 1.39. The zero-order valence-electron chi connectivity index (χ0n) is 33.7. The number of carboxylic acids is 2. The smallest absolute Gasteiger partial charge is 0.326 e. The van der Waals surface area contributed by atoms with Gasteiger partial charge in [0.05, 0.1) is 0 Å². The minimum absolute atomic E-state index is 0.0356. The summed E-state index contributed by atoms with van der Waals surface area (Å²) in [5, 5.41) is 31.0.